The molecule has 0 saturated heterocycles. The Bertz CT molecular complexity index is 610. The average molecular weight is 299 g/mol. The smallest absolute Gasteiger partial charge is 0.179 e. The first kappa shape index (κ1) is 14.6. The van der Waals surface area contributed by atoms with Crippen LogP contribution >= 0.6 is 0 Å². The summed E-state index contributed by atoms with van der Waals surface area (Å²) in [6.07, 6.45) is 8.30. The topological polar surface area (TPSA) is 52.0 Å². The van der Waals surface area contributed by atoms with Crippen LogP contribution in [0.2, 0.25) is 0 Å². The third-order valence-electron chi connectivity index (χ3n) is 3.79. The van der Waals surface area contributed by atoms with Crippen molar-refractivity contribution in [3.05, 3.63) is 36.3 Å². The lowest BCUT2D eigenvalue weighted by molar-refractivity contribution is -0.115. The first-order valence-electron chi connectivity index (χ1n) is 7.82. The van der Waals surface area contributed by atoms with E-state index in [9.17, 15) is 4.79 Å². The molecule has 22 heavy (non-hydrogen) atoms. The molecule has 0 N–H and O–H groups in total. The van der Waals surface area contributed by atoms with Crippen molar-refractivity contribution in [3.63, 3.8) is 0 Å². The third kappa shape index (κ3) is 2.56. The van der Waals surface area contributed by atoms with E-state index >= 15 is 0 Å². The second-order valence-corrected chi connectivity index (χ2v) is 5.39. The number of hydrogen-bond acceptors (Lipinski definition) is 6. The minimum atomic E-state index is 0.0947. The van der Waals surface area contributed by atoms with Crippen molar-refractivity contribution >= 4 is 17.2 Å². The van der Waals surface area contributed by atoms with Crippen LogP contribution in [0, 0.1) is 0 Å². The fourth-order valence-electron chi connectivity index (χ4n) is 2.72. The summed E-state index contributed by atoms with van der Waals surface area (Å²) < 4.78 is 0. The summed E-state index contributed by atoms with van der Waals surface area (Å²) in [5.41, 5.74) is 2.79. The van der Waals surface area contributed by atoms with Gasteiger partial charge in [0.15, 0.2) is 5.78 Å². The van der Waals surface area contributed by atoms with Crippen LogP contribution < -0.4 is 5.01 Å². The van der Waals surface area contributed by atoms with Gasteiger partial charge in [-0.1, -0.05) is 13.3 Å². The number of anilines is 1. The minimum absolute atomic E-state index is 0.0947. The quantitative estimate of drug-likeness (QED) is 0.835. The molecule has 6 nitrogen and oxygen atoms in total. The summed E-state index contributed by atoms with van der Waals surface area (Å²) in [6.45, 7) is 5.27. The van der Waals surface area contributed by atoms with Gasteiger partial charge in [0, 0.05) is 12.3 Å². The van der Waals surface area contributed by atoms with Crippen LogP contribution in [0.1, 0.15) is 33.1 Å². The molecule has 0 unspecified atom stereocenters. The van der Waals surface area contributed by atoms with Gasteiger partial charge in [-0.2, -0.15) is 15.3 Å². The molecule has 1 aromatic rings. The molecule has 2 aliphatic heterocycles. The van der Waals surface area contributed by atoms with E-state index in [-0.39, 0.29) is 5.78 Å². The van der Waals surface area contributed by atoms with Gasteiger partial charge >= 0.3 is 0 Å². The van der Waals surface area contributed by atoms with E-state index in [2.05, 4.69) is 18.8 Å². The maximum absolute atomic E-state index is 12.2. The van der Waals surface area contributed by atoms with E-state index in [1.165, 1.54) is 0 Å². The zero-order valence-corrected chi connectivity index (χ0v) is 13.1. The van der Waals surface area contributed by atoms with Crippen molar-refractivity contribution < 1.29 is 4.79 Å². The molecule has 0 radical (unpaired) electrons. The number of hydrogen-bond donors (Lipinski definition) is 0. The van der Waals surface area contributed by atoms with Gasteiger partial charge in [0.2, 0.25) is 0 Å². The summed E-state index contributed by atoms with van der Waals surface area (Å²) in [7, 11) is 0. The number of hydrazone groups is 1. The molecule has 116 valence electrons. The molecule has 0 amide bonds. The van der Waals surface area contributed by atoms with Crippen LogP contribution in [0.25, 0.3) is 0 Å². The number of unbranched alkanes of at least 4 members (excludes halogenated alkanes) is 1. The maximum Gasteiger partial charge on any atom is 0.179 e. The molecule has 0 spiro atoms. The summed E-state index contributed by atoms with van der Waals surface area (Å²) in [5.74, 6) is 0.0947. The molecule has 3 rings (SSSR count). The Hall–Kier alpha value is -2.37. The summed E-state index contributed by atoms with van der Waals surface area (Å²) in [4.78, 5) is 16.3. The van der Waals surface area contributed by atoms with Crippen LogP contribution in [0.4, 0.5) is 5.69 Å². The number of hydrazine groups is 2. The molecule has 0 fully saturated rings. The van der Waals surface area contributed by atoms with Crippen LogP contribution in [0.3, 0.4) is 0 Å². The van der Waals surface area contributed by atoms with Gasteiger partial charge in [-0.15, -0.1) is 0 Å². The van der Waals surface area contributed by atoms with Crippen LogP contribution in [-0.4, -0.2) is 39.8 Å². The number of carbonyl (C=O) groups is 1. The Balaban J connectivity index is 1.95. The highest BCUT2D eigenvalue weighted by molar-refractivity contribution is 6.08. The number of fused-ring (bicyclic) bond motifs is 1. The normalized spacial score (nSPS) is 17.5. The van der Waals surface area contributed by atoms with Gasteiger partial charge < -0.3 is 0 Å². The van der Waals surface area contributed by atoms with Crippen LogP contribution in [0.15, 0.2) is 41.4 Å². The van der Waals surface area contributed by atoms with Crippen molar-refractivity contribution in [2.45, 2.75) is 33.1 Å². The molecule has 0 aromatic carbocycles. The predicted octanol–water partition coefficient (Wildman–Crippen LogP) is 2.37. The molecular formula is C16H21N5O. The molecule has 0 aliphatic carbocycles. The standard InChI is InChI=1S/C16H21N5O/c1-3-5-8-15-16-10-14(22)12-19(13-7-6-9-17-11-13)21(16)20(4-2)18-15/h6-7,9-11H,3-5,8,12H2,1-2H3. The SMILES string of the molecule is CCCCC1=NN(CC)N2C1=CC(=O)CN2c1cccnc1. The van der Waals surface area contributed by atoms with Gasteiger partial charge in [-0.05, 0) is 31.9 Å². The summed E-state index contributed by atoms with van der Waals surface area (Å²) in [5, 5.41) is 10.5. The second-order valence-electron chi connectivity index (χ2n) is 5.39. The number of carbonyl (C=O) groups excluding carboxylic acids is 1. The van der Waals surface area contributed by atoms with Gasteiger partial charge in [-0.25, -0.2) is 0 Å². The Kier molecular flexibility index (Phi) is 4.09. The van der Waals surface area contributed by atoms with Crippen molar-refractivity contribution in [2.24, 2.45) is 5.10 Å². The third-order valence-corrected chi connectivity index (χ3v) is 3.79. The van der Waals surface area contributed by atoms with Gasteiger partial charge in [0.1, 0.15) is 12.2 Å². The van der Waals surface area contributed by atoms with Crippen LogP contribution in [0.5, 0.6) is 0 Å². The van der Waals surface area contributed by atoms with E-state index in [0.717, 1.165) is 42.9 Å². The van der Waals surface area contributed by atoms with Gasteiger partial charge in [-0.3, -0.25) is 14.8 Å². The largest absolute Gasteiger partial charge is 0.293 e. The van der Waals surface area contributed by atoms with Crippen molar-refractivity contribution in [1.82, 2.24) is 15.2 Å². The van der Waals surface area contributed by atoms with Crippen molar-refractivity contribution in [1.29, 1.82) is 0 Å². The fraction of sp³-hybridized carbons (Fsp3) is 0.438. The fourth-order valence-corrected chi connectivity index (χ4v) is 2.72. The minimum Gasteiger partial charge on any atom is -0.293 e. The molecule has 2 aliphatic rings. The molecule has 0 atom stereocenters. The van der Waals surface area contributed by atoms with Crippen molar-refractivity contribution in [3.8, 4) is 0 Å². The van der Waals surface area contributed by atoms with E-state index in [4.69, 9.17) is 5.10 Å². The maximum atomic E-state index is 12.2. The summed E-state index contributed by atoms with van der Waals surface area (Å²) >= 11 is 0. The first-order chi connectivity index (χ1) is 10.7. The van der Waals surface area contributed by atoms with E-state index in [1.54, 1.807) is 18.5 Å². The number of ketones is 1. The van der Waals surface area contributed by atoms with Gasteiger partial charge in [0.05, 0.1) is 24.1 Å². The predicted molar refractivity (Wildman–Crippen MR) is 85.9 cm³/mol. The highest BCUT2D eigenvalue weighted by atomic mass is 16.1. The number of pyridine rings is 1. The molecule has 1 aromatic heterocycles. The lowest BCUT2D eigenvalue weighted by Crippen LogP contribution is -2.53. The van der Waals surface area contributed by atoms with Crippen LogP contribution in [-0.2, 0) is 4.79 Å². The molecule has 3 heterocycles. The lowest BCUT2D eigenvalue weighted by atomic mass is 10.1. The van der Waals surface area contributed by atoms with E-state index < -0.39 is 0 Å². The molecule has 0 saturated carbocycles. The Labute approximate surface area is 130 Å². The average Bonchev–Trinajstić information content (AvgIpc) is 2.90. The Morgan fingerprint density at radius 2 is 2.18 bits per heavy atom. The monoisotopic (exact) mass is 299 g/mol. The lowest BCUT2D eigenvalue weighted by Gasteiger charge is -2.41. The Morgan fingerprint density at radius 1 is 1.32 bits per heavy atom. The summed E-state index contributed by atoms with van der Waals surface area (Å²) in [6, 6.07) is 3.84. The highest BCUT2D eigenvalue weighted by Gasteiger charge is 2.37. The number of aromatic nitrogens is 1. The Morgan fingerprint density at radius 3 is 2.86 bits per heavy atom. The number of allylic oxidation sites excluding steroid dienone is 1. The molecule has 0 bridgehead atoms. The molecular weight excluding hydrogens is 278 g/mol. The number of nitrogens with zero attached hydrogens (tertiary/aromatic N) is 5. The van der Waals surface area contributed by atoms with Gasteiger partial charge in [0.25, 0.3) is 0 Å². The van der Waals surface area contributed by atoms with E-state index in [1.807, 2.05) is 27.4 Å². The second kappa shape index (κ2) is 6.17. The molecule has 6 heteroatoms. The first-order valence-corrected chi connectivity index (χ1v) is 7.82. The van der Waals surface area contributed by atoms with E-state index in [0.29, 0.717) is 6.54 Å². The zero-order chi connectivity index (χ0) is 15.5. The highest BCUT2D eigenvalue weighted by Crippen LogP contribution is 2.30. The zero-order valence-electron chi connectivity index (χ0n) is 13.1. The van der Waals surface area contributed by atoms with Crippen molar-refractivity contribution in [2.75, 3.05) is 18.1 Å². The number of rotatable bonds is 5.